The number of anilines is 1. The van der Waals surface area contributed by atoms with Crippen molar-refractivity contribution in [3.8, 4) is 22.9 Å². The molecule has 1 amide bonds. The predicted octanol–water partition coefficient (Wildman–Crippen LogP) is 2.60. The highest BCUT2D eigenvalue weighted by molar-refractivity contribution is 6.04. The number of aromatic nitrogens is 3. The van der Waals surface area contributed by atoms with E-state index in [0.717, 1.165) is 31.5 Å². The minimum Gasteiger partial charge on any atom is -0.439 e. The van der Waals surface area contributed by atoms with Crippen molar-refractivity contribution >= 4 is 11.7 Å². The second kappa shape index (κ2) is 7.14. The predicted molar refractivity (Wildman–Crippen MR) is 113 cm³/mol. The summed E-state index contributed by atoms with van der Waals surface area (Å²) in [7, 11) is 1.59. The van der Waals surface area contributed by atoms with Crippen LogP contribution in [0.5, 0.6) is 11.6 Å². The summed E-state index contributed by atoms with van der Waals surface area (Å²) in [5.41, 5.74) is 8.42. The molecule has 1 aliphatic heterocycles. The van der Waals surface area contributed by atoms with Gasteiger partial charge in [-0.1, -0.05) is 18.2 Å². The molecule has 1 saturated carbocycles. The van der Waals surface area contributed by atoms with Gasteiger partial charge < -0.3 is 21.1 Å². The second-order valence-corrected chi connectivity index (χ2v) is 8.10. The van der Waals surface area contributed by atoms with Crippen LogP contribution in [0, 0.1) is 5.41 Å². The maximum Gasteiger partial charge on any atom is 0.257 e. The van der Waals surface area contributed by atoms with E-state index >= 15 is 0 Å². The molecule has 1 spiro atoms. The Morgan fingerprint density at radius 1 is 1.23 bits per heavy atom. The molecule has 1 saturated heterocycles. The van der Waals surface area contributed by atoms with Gasteiger partial charge in [-0.05, 0) is 36.5 Å². The molecule has 0 radical (unpaired) electrons. The Balaban J connectivity index is 1.44. The van der Waals surface area contributed by atoms with Crippen molar-refractivity contribution in [3.05, 3.63) is 54.2 Å². The molecular weight excluding hydrogens is 380 g/mol. The van der Waals surface area contributed by atoms with Crippen molar-refractivity contribution in [3.63, 3.8) is 0 Å². The first-order valence-electron chi connectivity index (χ1n) is 10.1. The lowest BCUT2D eigenvalue weighted by Crippen LogP contribution is -2.60. The third-order valence-corrected chi connectivity index (χ3v) is 6.06. The molecule has 5 rings (SSSR count). The van der Waals surface area contributed by atoms with Crippen LogP contribution in [-0.4, -0.2) is 40.8 Å². The zero-order valence-electron chi connectivity index (χ0n) is 16.8. The van der Waals surface area contributed by atoms with E-state index in [9.17, 15) is 4.79 Å². The summed E-state index contributed by atoms with van der Waals surface area (Å²) in [6.45, 7) is 2.10. The summed E-state index contributed by atoms with van der Waals surface area (Å²) in [6.07, 6.45) is 3.72. The number of amides is 1. The fourth-order valence-electron chi connectivity index (χ4n) is 4.35. The van der Waals surface area contributed by atoms with Crippen LogP contribution >= 0.6 is 0 Å². The lowest BCUT2D eigenvalue weighted by atomic mass is 9.62. The van der Waals surface area contributed by atoms with Crippen LogP contribution in [-0.2, 0) is 0 Å². The topological polar surface area (TPSA) is 107 Å². The number of ether oxygens (including phenoxy) is 1. The SMILES string of the molecule is CNC(=O)c1c(-c2ccc(Oc3ccccc3)nc2)nn(C2CC3(CNC3)C2)c1N. The van der Waals surface area contributed by atoms with Gasteiger partial charge in [0.15, 0.2) is 0 Å². The molecule has 4 N–H and O–H groups in total. The zero-order chi connectivity index (χ0) is 20.7. The second-order valence-electron chi connectivity index (χ2n) is 8.10. The molecule has 3 heterocycles. The molecule has 2 fully saturated rings. The van der Waals surface area contributed by atoms with E-state index < -0.39 is 0 Å². The first-order chi connectivity index (χ1) is 14.6. The van der Waals surface area contributed by atoms with Gasteiger partial charge in [-0.15, -0.1) is 0 Å². The summed E-state index contributed by atoms with van der Waals surface area (Å²) in [5.74, 6) is 1.33. The van der Waals surface area contributed by atoms with E-state index in [0.29, 0.717) is 34.1 Å². The van der Waals surface area contributed by atoms with Gasteiger partial charge in [-0.3, -0.25) is 4.79 Å². The van der Waals surface area contributed by atoms with E-state index in [1.165, 1.54) is 0 Å². The van der Waals surface area contributed by atoms with E-state index in [1.807, 2.05) is 41.1 Å². The molecule has 0 bridgehead atoms. The van der Waals surface area contributed by atoms with Crippen molar-refractivity contribution in [2.75, 3.05) is 25.9 Å². The molecule has 1 aliphatic carbocycles. The van der Waals surface area contributed by atoms with Gasteiger partial charge in [-0.2, -0.15) is 5.10 Å². The lowest BCUT2D eigenvalue weighted by Gasteiger charge is -2.54. The van der Waals surface area contributed by atoms with Crippen molar-refractivity contribution < 1.29 is 9.53 Å². The van der Waals surface area contributed by atoms with Gasteiger partial charge >= 0.3 is 0 Å². The highest BCUT2D eigenvalue weighted by Crippen LogP contribution is 2.52. The summed E-state index contributed by atoms with van der Waals surface area (Å²) in [6, 6.07) is 13.3. The highest BCUT2D eigenvalue weighted by Gasteiger charge is 2.50. The number of benzene rings is 1. The third-order valence-electron chi connectivity index (χ3n) is 6.06. The fourth-order valence-corrected chi connectivity index (χ4v) is 4.35. The standard InChI is InChI=1S/C22H24N6O2/c1-24-21(29)18-19(27-28(20(18)23)15-9-22(10-15)12-25-13-22)14-7-8-17(26-11-14)30-16-5-3-2-4-6-16/h2-8,11,15,25H,9-10,12-13,23H2,1H3,(H,24,29). The van der Waals surface area contributed by atoms with Crippen molar-refractivity contribution in [2.24, 2.45) is 5.41 Å². The van der Waals surface area contributed by atoms with Gasteiger partial charge in [0, 0.05) is 38.0 Å². The van der Waals surface area contributed by atoms with Crippen LogP contribution in [0.4, 0.5) is 5.82 Å². The van der Waals surface area contributed by atoms with Crippen LogP contribution in [0.15, 0.2) is 48.7 Å². The molecule has 1 aromatic carbocycles. The number of carbonyl (C=O) groups is 1. The van der Waals surface area contributed by atoms with Crippen molar-refractivity contribution in [1.29, 1.82) is 0 Å². The highest BCUT2D eigenvalue weighted by atomic mass is 16.5. The normalized spacial score (nSPS) is 17.2. The Morgan fingerprint density at radius 2 is 2.00 bits per heavy atom. The largest absolute Gasteiger partial charge is 0.439 e. The number of nitrogens with two attached hydrogens (primary N) is 1. The van der Waals surface area contributed by atoms with Crippen LogP contribution in [0.1, 0.15) is 29.2 Å². The number of pyridine rings is 1. The Morgan fingerprint density at radius 3 is 2.60 bits per heavy atom. The molecule has 2 aliphatic rings. The number of nitrogen functional groups attached to an aromatic ring is 1. The van der Waals surface area contributed by atoms with E-state index in [2.05, 4.69) is 15.6 Å². The number of hydrogen-bond donors (Lipinski definition) is 3. The average molecular weight is 404 g/mol. The van der Waals surface area contributed by atoms with Crippen molar-refractivity contribution in [2.45, 2.75) is 18.9 Å². The van der Waals surface area contributed by atoms with Gasteiger partial charge in [0.2, 0.25) is 5.88 Å². The first-order valence-corrected chi connectivity index (χ1v) is 10.1. The molecule has 30 heavy (non-hydrogen) atoms. The number of hydrogen-bond acceptors (Lipinski definition) is 6. The molecule has 0 atom stereocenters. The zero-order valence-corrected chi connectivity index (χ0v) is 16.8. The molecule has 154 valence electrons. The van der Waals surface area contributed by atoms with Crippen LogP contribution in [0.3, 0.4) is 0 Å². The minimum atomic E-state index is -0.252. The molecule has 2 aromatic heterocycles. The maximum atomic E-state index is 12.6. The molecule has 0 unspecified atom stereocenters. The fraction of sp³-hybridized carbons (Fsp3) is 0.318. The van der Waals surface area contributed by atoms with Crippen LogP contribution in [0.25, 0.3) is 11.3 Å². The number of carbonyl (C=O) groups excluding carboxylic acids is 1. The Labute approximate surface area is 174 Å². The molecule has 8 heteroatoms. The summed E-state index contributed by atoms with van der Waals surface area (Å²) >= 11 is 0. The smallest absolute Gasteiger partial charge is 0.257 e. The Kier molecular flexibility index (Phi) is 4.43. The molecule has 8 nitrogen and oxygen atoms in total. The molecule has 3 aromatic rings. The van der Waals surface area contributed by atoms with Crippen LogP contribution in [0.2, 0.25) is 0 Å². The average Bonchev–Trinajstić information content (AvgIpc) is 3.04. The van der Waals surface area contributed by atoms with Crippen molar-refractivity contribution in [1.82, 2.24) is 25.4 Å². The minimum absolute atomic E-state index is 0.220. The Hall–Kier alpha value is -3.39. The summed E-state index contributed by atoms with van der Waals surface area (Å²) < 4.78 is 7.57. The lowest BCUT2D eigenvalue weighted by molar-refractivity contribution is 0.00345. The van der Waals surface area contributed by atoms with E-state index in [-0.39, 0.29) is 11.9 Å². The first kappa shape index (κ1) is 18.6. The van der Waals surface area contributed by atoms with E-state index in [4.69, 9.17) is 15.6 Å². The maximum absolute atomic E-state index is 12.6. The number of rotatable bonds is 5. The Bertz CT molecular complexity index is 1070. The van der Waals surface area contributed by atoms with E-state index in [1.54, 1.807) is 19.3 Å². The monoisotopic (exact) mass is 404 g/mol. The van der Waals surface area contributed by atoms with Gasteiger partial charge in [0.05, 0.1) is 6.04 Å². The summed E-state index contributed by atoms with van der Waals surface area (Å²) in [5, 5.41) is 10.8. The van der Waals surface area contributed by atoms with Crippen LogP contribution < -0.4 is 21.1 Å². The molecular formula is C22H24N6O2. The third kappa shape index (κ3) is 3.09. The number of para-hydroxylation sites is 1. The van der Waals surface area contributed by atoms with Gasteiger partial charge in [-0.25, -0.2) is 9.67 Å². The number of nitrogens with zero attached hydrogens (tertiary/aromatic N) is 3. The van der Waals surface area contributed by atoms with Gasteiger partial charge in [0.1, 0.15) is 22.8 Å². The summed E-state index contributed by atoms with van der Waals surface area (Å²) in [4.78, 5) is 17.0. The van der Waals surface area contributed by atoms with Gasteiger partial charge in [0.25, 0.3) is 5.91 Å². The quantitative estimate of drug-likeness (QED) is 0.603. The number of nitrogens with one attached hydrogen (secondary N) is 2.